The van der Waals surface area contributed by atoms with E-state index in [2.05, 4.69) is 15.1 Å². The van der Waals surface area contributed by atoms with Gasteiger partial charge in [0.15, 0.2) is 0 Å². The van der Waals surface area contributed by atoms with Crippen molar-refractivity contribution in [3.05, 3.63) is 44.5 Å². The molecule has 2 heterocycles. The van der Waals surface area contributed by atoms with Crippen LogP contribution in [-0.2, 0) is 30.6 Å². The molecule has 2 aromatic heterocycles. The van der Waals surface area contributed by atoms with Crippen LogP contribution in [0.3, 0.4) is 0 Å². The van der Waals surface area contributed by atoms with Crippen molar-refractivity contribution in [1.82, 2.24) is 20.0 Å². The summed E-state index contributed by atoms with van der Waals surface area (Å²) >= 11 is 0. The van der Waals surface area contributed by atoms with Crippen LogP contribution >= 0.6 is 0 Å². The first-order valence-electron chi connectivity index (χ1n) is 8.72. The van der Waals surface area contributed by atoms with Gasteiger partial charge in [-0.1, -0.05) is 5.16 Å². The van der Waals surface area contributed by atoms with Crippen LogP contribution in [0.5, 0.6) is 0 Å². The number of aromatic amines is 1. The van der Waals surface area contributed by atoms with Gasteiger partial charge in [-0.25, -0.2) is 4.79 Å². The minimum Gasteiger partial charge on any atom is -0.361 e. The molecule has 0 saturated heterocycles. The average molecular weight is 344 g/mol. The molecule has 134 valence electrons. The van der Waals surface area contributed by atoms with Crippen LogP contribution < -0.4 is 5.69 Å². The molecule has 0 radical (unpaired) electrons. The van der Waals surface area contributed by atoms with E-state index in [1.54, 1.807) is 18.9 Å². The average Bonchev–Trinajstić information content (AvgIpc) is 2.97. The molecule has 0 aromatic carbocycles. The van der Waals surface area contributed by atoms with Gasteiger partial charge < -0.3 is 14.4 Å². The highest BCUT2D eigenvalue weighted by molar-refractivity contribution is 5.76. The van der Waals surface area contributed by atoms with Gasteiger partial charge in [0, 0.05) is 36.8 Å². The summed E-state index contributed by atoms with van der Waals surface area (Å²) in [5, 5.41) is 4.16. The number of rotatable bonds is 5. The topological polar surface area (TPSA) is 92.1 Å². The van der Waals surface area contributed by atoms with Crippen LogP contribution in [0.25, 0.3) is 0 Å². The number of carbonyl (C=O) groups is 1. The van der Waals surface area contributed by atoms with Crippen LogP contribution in [0.1, 0.15) is 53.2 Å². The lowest BCUT2D eigenvalue weighted by Crippen LogP contribution is -2.27. The molecule has 0 bridgehead atoms. The lowest BCUT2D eigenvalue weighted by molar-refractivity contribution is -0.130. The first-order valence-corrected chi connectivity index (χ1v) is 8.72. The van der Waals surface area contributed by atoms with Gasteiger partial charge in [0.1, 0.15) is 11.5 Å². The molecule has 0 atom stereocenters. The molecule has 0 spiro atoms. The van der Waals surface area contributed by atoms with E-state index >= 15 is 0 Å². The molecule has 7 nitrogen and oxygen atoms in total. The van der Waals surface area contributed by atoms with Crippen molar-refractivity contribution in [2.45, 2.75) is 58.9 Å². The Morgan fingerprint density at radius 1 is 1.28 bits per heavy atom. The summed E-state index contributed by atoms with van der Waals surface area (Å²) in [5.41, 5.74) is 4.10. The van der Waals surface area contributed by atoms with Crippen molar-refractivity contribution in [1.29, 1.82) is 0 Å². The van der Waals surface area contributed by atoms with Crippen molar-refractivity contribution in [2.75, 3.05) is 7.05 Å². The van der Waals surface area contributed by atoms with Gasteiger partial charge in [-0.05, 0) is 45.1 Å². The fourth-order valence-corrected chi connectivity index (χ4v) is 3.43. The van der Waals surface area contributed by atoms with E-state index in [-0.39, 0.29) is 11.6 Å². The van der Waals surface area contributed by atoms with Crippen molar-refractivity contribution in [3.63, 3.8) is 0 Å². The normalized spacial score (nSPS) is 13.6. The molecule has 2 aromatic rings. The third-order valence-electron chi connectivity index (χ3n) is 4.89. The summed E-state index contributed by atoms with van der Waals surface area (Å²) in [6, 6.07) is 0. The number of H-pyrrole nitrogens is 1. The molecule has 0 fully saturated rings. The molecule has 3 rings (SSSR count). The third kappa shape index (κ3) is 3.81. The number of aryl methyl sites for hydroxylation is 3. The Bertz CT molecular complexity index is 811. The van der Waals surface area contributed by atoms with Crippen LogP contribution in [0.15, 0.2) is 9.32 Å². The van der Waals surface area contributed by atoms with E-state index in [1.807, 2.05) is 6.92 Å². The Morgan fingerprint density at radius 2 is 2.04 bits per heavy atom. The fraction of sp³-hybridized carbons (Fsp3) is 0.556. The molecule has 1 aliphatic carbocycles. The SMILES string of the molecule is Cc1nc(=O)[nH]c(C)c1CCC(=O)N(C)Cc1noc2c1CCCC2. The summed E-state index contributed by atoms with van der Waals surface area (Å²) in [7, 11) is 1.79. The quantitative estimate of drug-likeness (QED) is 0.893. The Hall–Kier alpha value is -2.44. The minimum atomic E-state index is -0.349. The summed E-state index contributed by atoms with van der Waals surface area (Å²) in [6.07, 6.45) is 5.14. The molecule has 25 heavy (non-hydrogen) atoms. The monoisotopic (exact) mass is 344 g/mol. The second-order valence-corrected chi connectivity index (χ2v) is 6.72. The molecule has 0 aliphatic heterocycles. The van der Waals surface area contributed by atoms with Gasteiger partial charge >= 0.3 is 5.69 Å². The van der Waals surface area contributed by atoms with Gasteiger partial charge in [0.05, 0.1) is 6.54 Å². The second kappa shape index (κ2) is 7.21. The van der Waals surface area contributed by atoms with Crippen LogP contribution in [0, 0.1) is 13.8 Å². The van der Waals surface area contributed by atoms with Crippen molar-refractivity contribution >= 4 is 5.91 Å². The molecule has 0 saturated carbocycles. The fourth-order valence-electron chi connectivity index (χ4n) is 3.43. The zero-order valence-electron chi connectivity index (χ0n) is 15.0. The zero-order valence-corrected chi connectivity index (χ0v) is 15.0. The first kappa shape index (κ1) is 17.4. The first-order chi connectivity index (χ1) is 12.0. The molecule has 1 N–H and O–H groups in total. The molecule has 7 heteroatoms. The molecule has 0 unspecified atom stereocenters. The third-order valence-corrected chi connectivity index (χ3v) is 4.89. The van der Waals surface area contributed by atoms with E-state index in [0.717, 1.165) is 48.4 Å². The lowest BCUT2D eigenvalue weighted by Gasteiger charge is -2.18. The number of hydrogen-bond acceptors (Lipinski definition) is 5. The maximum atomic E-state index is 12.5. The number of nitrogens with zero attached hydrogens (tertiary/aromatic N) is 3. The maximum absolute atomic E-state index is 12.5. The zero-order chi connectivity index (χ0) is 18.0. The summed E-state index contributed by atoms with van der Waals surface area (Å²) in [4.78, 5) is 32.1. The van der Waals surface area contributed by atoms with Gasteiger partial charge in [-0.15, -0.1) is 0 Å². The standard InChI is InChI=1S/C18H24N4O3/c1-11-13(12(2)20-18(24)19-11)8-9-17(23)22(3)10-15-14-6-4-5-7-16(14)25-21-15/h4-10H2,1-3H3,(H,19,20,24). The highest BCUT2D eigenvalue weighted by atomic mass is 16.5. The van der Waals surface area contributed by atoms with E-state index < -0.39 is 0 Å². The highest BCUT2D eigenvalue weighted by Gasteiger charge is 2.21. The predicted molar refractivity (Wildman–Crippen MR) is 92.3 cm³/mol. The number of aromatic nitrogens is 3. The Labute approximate surface area is 146 Å². The highest BCUT2D eigenvalue weighted by Crippen LogP contribution is 2.25. The lowest BCUT2D eigenvalue weighted by atomic mass is 9.96. The molecular formula is C18H24N4O3. The number of carbonyl (C=O) groups excluding carboxylic acids is 1. The number of fused-ring (bicyclic) bond motifs is 1. The van der Waals surface area contributed by atoms with E-state index in [1.165, 1.54) is 5.56 Å². The van der Waals surface area contributed by atoms with Crippen molar-refractivity contribution in [3.8, 4) is 0 Å². The predicted octanol–water partition coefficient (Wildman–Crippen LogP) is 1.84. The van der Waals surface area contributed by atoms with Gasteiger partial charge in [0.2, 0.25) is 5.91 Å². The summed E-state index contributed by atoms with van der Waals surface area (Å²) in [6.45, 7) is 4.11. The number of amides is 1. The van der Waals surface area contributed by atoms with E-state index in [0.29, 0.717) is 25.1 Å². The molecule has 1 aliphatic rings. The van der Waals surface area contributed by atoms with Crippen LogP contribution in [0.2, 0.25) is 0 Å². The smallest absolute Gasteiger partial charge is 0.345 e. The van der Waals surface area contributed by atoms with Crippen molar-refractivity contribution < 1.29 is 9.32 Å². The van der Waals surface area contributed by atoms with E-state index in [4.69, 9.17) is 4.52 Å². The molecular weight excluding hydrogens is 320 g/mol. The minimum absolute atomic E-state index is 0.0394. The van der Waals surface area contributed by atoms with Crippen molar-refractivity contribution in [2.24, 2.45) is 0 Å². The van der Waals surface area contributed by atoms with Gasteiger partial charge in [-0.3, -0.25) is 4.79 Å². The Morgan fingerprint density at radius 3 is 2.80 bits per heavy atom. The largest absolute Gasteiger partial charge is 0.361 e. The number of hydrogen-bond donors (Lipinski definition) is 1. The Balaban J connectivity index is 1.62. The van der Waals surface area contributed by atoms with Gasteiger partial charge in [-0.2, -0.15) is 4.98 Å². The molecule has 1 amide bonds. The Kier molecular flexibility index (Phi) is 5.01. The van der Waals surface area contributed by atoms with E-state index in [9.17, 15) is 9.59 Å². The maximum Gasteiger partial charge on any atom is 0.345 e. The number of nitrogens with one attached hydrogen (secondary N) is 1. The van der Waals surface area contributed by atoms with Gasteiger partial charge in [0.25, 0.3) is 0 Å². The van der Waals surface area contributed by atoms with Crippen LogP contribution in [0.4, 0.5) is 0 Å². The van der Waals surface area contributed by atoms with Crippen LogP contribution in [-0.4, -0.2) is 33.0 Å². The second-order valence-electron chi connectivity index (χ2n) is 6.72. The summed E-state index contributed by atoms with van der Waals surface area (Å²) in [5.74, 6) is 1.02. The summed E-state index contributed by atoms with van der Waals surface area (Å²) < 4.78 is 5.41.